The van der Waals surface area contributed by atoms with Crippen LogP contribution in [0.25, 0.3) is 0 Å². The van der Waals surface area contributed by atoms with Crippen molar-refractivity contribution in [2.75, 3.05) is 32.2 Å². The number of nitrogens with zero attached hydrogens (tertiary/aromatic N) is 1. The fraction of sp³-hybridized carbons (Fsp3) is 0.462. The molecule has 6 heteroatoms. The van der Waals surface area contributed by atoms with E-state index in [2.05, 4.69) is 0 Å². The Morgan fingerprint density at radius 3 is 2.79 bits per heavy atom. The monoisotopic (exact) mass is 266 g/mol. The Balaban J connectivity index is 2.28. The minimum absolute atomic E-state index is 0.208. The maximum Gasteiger partial charge on any atom is 0.414 e. The first kappa shape index (κ1) is 13.5. The van der Waals surface area contributed by atoms with E-state index in [0.29, 0.717) is 36.7 Å². The van der Waals surface area contributed by atoms with Gasteiger partial charge in [-0.25, -0.2) is 4.79 Å². The lowest BCUT2D eigenvalue weighted by atomic mass is 10.2. The van der Waals surface area contributed by atoms with Gasteiger partial charge in [-0.15, -0.1) is 0 Å². The summed E-state index contributed by atoms with van der Waals surface area (Å²) in [5, 5.41) is 0. The third kappa shape index (κ3) is 2.73. The normalized spacial score (nSPS) is 19.0. The minimum atomic E-state index is -0.409. The zero-order valence-electron chi connectivity index (χ0n) is 11.1. The Labute approximate surface area is 112 Å². The highest BCUT2D eigenvalue weighted by Gasteiger charge is 2.29. The second-order valence-corrected chi connectivity index (χ2v) is 4.22. The van der Waals surface area contributed by atoms with Crippen LogP contribution in [0.2, 0.25) is 0 Å². The Hall–Kier alpha value is -1.95. The van der Waals surface area contributed by atoms with E-state index >= 15 is 0 Å². The Morgan fingerprint density at radius 2 is 2.21 bits per heavy atom. The number of methoxy groups -OCH3 is 2. The first-order chi connectivity index (χ1) is 9.19. The number of ether oxygens (including phenoxy) is 3. The third-order valence-electron chi connectivity index (χ3n) is 3.10. The van der Waals surface area contributed by atoms with E-state index in [-0.39, 0.29) is 6.10 Å². The van der Waals surface area contributed by atoms with Gasteiger partial charge in [-0.1, -0.05) is 0 Å². The predicted octanol–water partition coefficient (Wildman–Crippen LogP) is 1.38. The molecule has 0 bridgehead atoms. The average molecular weight is 266 g/mol. The average Bonchev–Trinajstić information content (AvgIpc) is 2.46. The van der Waals surface area contributed by atoms with Gasteiger partial charge in [-0.05, 0) is 12.1 Å². The SMILES string of the molecule is COc1ccc(OC)c(N2CCC(CN)OC2=O)c1. The van der Waals surface area contributed by atoms with E-state index in [0.717, 1.165) is 0 Å². The second kappa shape index (κ2) is 5.79. The molecular formula is C13H18N2O4. The fourth-order valence-corrected chi connectivity index (χ4v) is 2.02. The molecule has 1 aliphatic rings. The number of carbonyl (C=O) groups excluding carboxylic acids is 1. The van der Waals surface area contributed by atoms with Gasteiger partial charge in [0.2, 0.25) is 0 Å². The quantitative estimate of drug-likeness (QED) is 0.891. The second-order valence-electron chi connectivity index (χ2n) is 4.22. The van der Waals surface area contributed by atoms with Crippen LogP contribution in [0.4, 0.5) is 10.5 Å². The highest BCUT2D eigenvalue weighted by atomic mass is 16.6. The van der Waals surface area contributed by atoms with Gasteiger partial charge in [0, 0.05) is 25.6 Å². The molecule has 0 saturated carbocycles. The molecule has 19 heavy (non-hydrogen) atoms. The topological polar surface area (TPSA) is 74.0 Å². The van der Waals surface area contributed by atoms with Gasteiger partial charge in [0.05, 0.1) is 19.9 Å². The molecule has 6 nitrogen and oxygen atoms in total. The lowest BCUT2D eigenvalue weighted by Gasteiger charge is -2.32. The summed E-state index contributed by atoms with van der Waals surface area (Å²) in [5.74, 6) is 1.26. The van der Waals surface area contributed by atoms with Crippen LogP contribution >= 0.6 is 0 Å². The van der Waals surface area contributed by atoms with Crippen molar-refractivity contribution in [3.05, 3.63) is 18.2 Å². The number of carbonyl (C=O) groups is 1. The van der Waals surface area contributed by atoms with Crippen LogP contribution in [-0.4, -0.2) is 39.5 Å². The van der Waals surface area contributed by atoms with Crippen LogP contribution in [0.5, 0.6) is 11.5 Å². The van der Waals surface area contributed by atoms with Crippen molar-refractivity contribution in [1.82, 2.24) is 0 Å². The van der Waals surface area contributed by atoms with Gasteiger partial charge < -0.3 is 19.9 Å². The van der Waals surface area contributed by atoms with Gasteiger partial charge in [0.25, 0.3) is 0 Å². The number of hydrogen-bond donors (Lipinski definition) is 1. The summed E-state index contributed by atoms with van der Waals surface area (Å²) in [6.07, 6.45) is 0.0800. The van der Waals surface area contributed by atoms with Crippen molar-refractivity contribution in [3.8, 4) is 11.5 Å². The smallest absolute Gasteiger partial charge is 0.414 e. The number of nitrogens with two attached hydrogens (primary N) is 1. The van der Waals surface area contributed by atoms with E-state index in [4.69, 9.17) is 19.9 Å². The largest absolute Gasteiger partial charge is 0.497 e. The van der Waals surface area contributed by atoms with E-state index in [9.17, 15) is 4.79 Å². The molecule has 1 fully saturated rings. The number of rotatable bonds is 4. The number of benzene rings is 1. The van der Waals surface area contributed by atoms with Crippen LogP contribution in [0, 0.1) is 0 Å². The molecule has 1 heterocycles. The first-order valence-corrected chi connectivity index (χ1v) is 6.09. The number of cyclic esters (lactones) is 1. The Morgan fingerprint density at radius 1 is 1.42 bits per heavy atom. The molecule has 1 saturated heterocycles. The Bertz CT molecular complexity index is 464. The molecule has 1 amide bonds. The highest BCUT2D eigenvalue weighted by Crippen LogP contribution is 2.34. The van der Waals surface area contributed by atoms with Crippen LogP contribution in [0.1, 0.15) is 6.42 Å². The van der Waals surface area contributed by atoms with E-state index < -0.39 is 6.09 Å². The summed E-state index contributed by atoms with van der Waals surface area (Å²) in [5.41, 5.74) is 6.15. The van der Waals surface area contributed by atoms with Crippen molar-refractivity contribution in [1.29, 1.82) is 0 Å². The number of hydrogen-bond acceptors (Lipinski definition) is 5. The maximum absolute atomic E-state index is 12.0. The summed E-state index contributed by atoms with van der Waals surface area (Å²) in [7, 11) is 3.13. The summed E-state index contributed by atoms with van der Waals surface area (Å²) in [4.78, 5) is 13.5. The standard InChI is InChI=1S/C13H18N2O4/c1-17-9-3-4-12(18-2)11(7-9)15-6-5-10(8-14)19-13(15)16/h3-4,7,10H,5-6,8,14H2,1-2H3. The van der Waals surface area contributed by atoms with Crippen molar-refractivity contribution < 1.29 is 19.0 Å². The summed E-state index contributed by atoms with van der Waals surface area (Å²) < 4.78 is 15.7. The van der Waals surface area contributed by atoms with Gasteiger partial charge in [0.1, 0.15) is 17.6 Å². The maximum atomic E-state index is 12.0. The first-order valence-electron chi connectivity index (χ1n) is 6.09. The molecule has 1 aromatic rings. The highest BCUT2D eigenvalue weighted by molar-refractivity contribution is 5.90. The zero-order chi connectivity index (χ0) is 13.8. The van der Waals surface area contributed by atoms with Crippen molar-refractivity contribution in [2.24, 2.45) is 5.73 Å². The predicted molar refractivity (Wildman–Crippen MR) is 70.8 cm³/mol. The Kier molecular flexibility index (Phi) is 4.11. The molecule has 2 rings (SSSR count). The van der Waals surface area contributed by atoms with Gasteiger partial charge in [-0.2, -0.15) is 0 Å². The summed E-state index contributed by atoms with van der Waals surface area (Å²) in [6.45, 7) is 0.888. The summed E-state index contributed by atoms with van der Waals surface area (Å²) >= 11 is 0. The molecule has 0 aliphatic carbocycles. The van der Waals surface area contributed by atoms with Crippen molar-refractivity contribution in [2.45, 2.75) is 12.5 Å². The van der Waals surface area contributed by atoms with E-state index in [1.165, 1.54) is 4.90 Å². The van der Waals surface area contributed by atoms with Gasteiger partial charge >= 0.3 is 6.09 Å². The number of anilines is 1. The zero-order valence-corrected chi connectivity index (χ0v) is 11.1. The molecule has 0 spiro atoms. The third-order valence-corrected chi connectivity index (χ3v) is 3.10. The van der Waals surface area contributed by atoms with Crippen molar-refractivity contribution >= 4 is 11.8 Å². The lowest BCUT2D eigenvalue weighted by Crippen LogP contribution is -2.44. The number of amides is 1. The molecule has 0 radical (unpaired) electrons. The molecule has 1 unspecified atom stereocenters. The molecule has 2 N–H and O–H groups in total. The van der Waals surface area contributed by atoms with E-state index in [1.807, 2.05) is 0 Å². The van der Waals surface area contributed by atoms with Crippen LogP contribution < -0.4 is 20.1 Å². The fourth-order valence-electron chi connectivity index (χ4n) is 2.02. The molecular weight excluding hydrogens is 248 g/mol. The molecule has 1 atom stereocenters. The molecule has 0 aromatic heterocycles. The molecule has 104 valence electrons. The van der Waals surface area contributed by atoms with Gasteiger partial charge in [-0.3, -0.25) is 4.90 Å². The molecule has 1 aromatic carbocycles. The van der Waals surface area contributed by atoms with Crippen LogP contribution in [0.15, 0.2) is 18.2 Å². The van der Waals surface area contributed by atoms with Crippen LogP contribution in [-0.2, 0) is 4.74 Å². The minimum Gasteiger partial charge on any atom is -0.497 e. The van der Waals surface area contributed by atoms with E-state index in [1.54, 1.807) is 32.4 Å². The molecule has 1 aliphatic heterocycles. The van der Waals surface area contributed by atoms with Gasteiger partial charge in [0.15, 0.2) is 0 Å². The van der Waals surface area contributed by atoms with Crippen LogP contribution in [0.3, 0.4) is 0 Å². The summed E-state index contributed by atoms with van der Waals surface area (Å²) in [6, 6.07) is 5.29. The van der Waals surface area contributed by atoms with Crippen molar-refractivity contribution in [3.63, 3.8) is 0 Å². The lowest BCUT2D eigenvalue weighted by molar-refractivity contribution is 0.0886.